The molecule has 4 rings (SSSR count). The first kappa shape index (κ1) is 18.8. The third-order valence-corrected chi connectivity index (χ3v) is 5.84. The Bertz CT molecular complexity index is 860. The summed E-state index contributed by atoms with van der Waals surface area (Å²) in [6.07, 6.45) is 1.40. The molecule has 2 atom stereocenters. The molecule has 8 nitrogen and oxygen atoms in total. The number of benzene rings is 1. The maximum absolute atomic E-state index is 12.8. The summed E-state index contributed by atoms with van der Waals surface area (Å²) in [5, 5.41) is 9.01. The molecule has 1 aromatic rings. The van der Waals surface area contributed by atoms with Crippen molar-refractivity contribution in [1.82, 2.24) is 20.9 Å². The Morgan fingerprint density at radius 2 is 1.96 bits per heavy atom. The zero-order valence-corrected chi connectivity index (χ0v) is 15.8. The van der Waals surface area contributed by atoms with Crippen LogP contribution in [-0.2, 0) is 16.1 Å². The predicted molar refractivity (Wildman–Crippen MR) is 100 cm³/mol. The van der Waals surface area contributed by atoms with Crippen LogP contribution in [0.5, 0.6) is 0 Å². The quantitative estimate of drug-likeness (QED) is 0.625. The molecule has 0 bridgehead atoms. The Morgan fingerprint density at radius 1 is 1.18 bits per heavy atom. The Balaban J connectivity index is 1.46. The first-order valence-corrected chi connectivity index (χ1v) is 9.64. The number of carbonyl (C=O) groups is 4. The Morgan fingerprint density at radius 3 is 2.68 bits per heavy atom. The van der Waals surface area contributed by atoms with Crippen molar-refractivity contribution in [3.63, 3.8) is 0 Å². The molecule has 4 amide bonds. The topological polar surface area (TPSA) is 108 Å². The van der Waals surface area contributed by atoms with E-state index in [4.69, 9.17) is 0 Å². The highest BCUT2D eigenvalue weighted by Gasteiger charge is 2.44. The summed E-state index contributed by atoms with van der Waals surface area (Å²) in [5.74, 6) is -1.91. The standard InChI is InChI=1S/C20H24N4O4/c1-20(6-7-21-10-20)11-22-9-12-2-3-13-14(8-12)19(28)24(18(13)27)15-4-5-16(25)23-17(15)26/h2-3,8,15,21-22H,4-7,9-11H2,1H3,(H,23,25,26). The summed E-state index contributed by atoms with van der Waals surface area (Å²) in [4.78, 5) is 50.0. The first-order valence-electron chi connectivity index (χ1n) is 9.64. The van der Waals surface area contributed by atoms with Crippen LogP contribution in [0.1, 0.15) is 52.5 Å². The van der Waals surface area contributed by atoms with E-state index < -0.39 is 23.8 Å². The van der Waals surface area contributed by atoms with E-state index in [1.54, 1.807) is 12.1 Å². The molecule has 0 aliphatic carbocycles. The zero-order valence-electron chi connectivity index (χ0n) is 15.8. The molecule has 2 unspecified atom stereocenters. The molecule has 0 spiro atoms. The fourth-order valence-corrected chi connectivity index (χ4v) is 4.16. The van der Waals surface area contributed by atoms with Gasteiger partial charge in [-0.05, 0) is 42.5 Å². The van der Waals surface area contributed by atoms with Crippen LogP contribution < -0.4 is 16.0 Å². The maximum atomic E-state index is 12.8. The van der Waals surface area contributed by atoms with Crippen molar-refractivity contribution in [3.05, 3.63) is 34.9 Å². The number of hydrogen-bond donors (Lipinski definition) is 3. The van der Waals surface area contributed by atoms with Crippen molar-refractivity contribution in [3.8, 4) is 0 Å². The zero-order chi connectivity index (χ0) is 19.9. The Kier molecular flexibility index (Phi) is 4.76. The van der Waals surface area contributed by atoms with Gasteiger partial charge in [-0.1, -0.05) is 13.0 Å². The Hall–Kier alpha value is -2.58. The fraction of sp³-hybridized carbons (Fsp3) is 0.500. The highest BCUT2D eigenvalue weighted by Crippen LogP contribution is 2.28. The number of hydrogen-bond acceptors (Lipinski definition) is 6. The summed E-state index contributed by atoms with van der Waals surface area (Å²) in [5.41, 5.74) is 1.78. The predicted octanol–water partition coefficient (Wildman–Crippen LogP) is 0.177. The van der Waals surface area contributed by atoms with Crippen molar-refractivity contribution in [2.24, 2.45) is 5.41 Å². The summed E-state index contributed by atoms with van der Waals surface area (Å²) in [7, 11) is 0. The number of nitrogens with one attached hydrogen (secondary N) is 3. The summed E-state index contributed by atoms with van der Waals surface area (Å²) >= 11 is 0. The van der Waals surface area contributed by atoms with Gasteiger partial charge < -0.3 is 10.6 Å². The molecule has 3 heterocycles. The van der Waals surface area contributed by atoms with Crippen molar-refractivity contribution >= 4 is 23.6 Å². The SMILES string of the molecule is CC1(CNCc2ccc3c(c2)C(=O)N(C2CCC(=O)NC2=O)C3=O)CCNC1. The lowest BCUT2D eigenvalue weighted by molar-refractivity contribution is -0.136. The van der Waals surface area contributed by atoms with Gasteiger partial charge in [0, 0.05) is 26.1 Å². The van der Waals surface area contributed by atoms with E-state index in [1.165, 1.54) is 0 Å². The van der Waals surface area contributed by atoms with Crippen LogP contribution in [0, 0.1) is 5.41 Å². The molecule has 28 heavy (non-hydrogen) atoms. The molecular weight excluding hydrogens is 360 g/mol. The molecule has 0 aromatic heterocycles. The van der Waals surface area contributed by atoms with E-state index in [1.807, 2.05) is 6.07 Å². The molecule has 3 N–H and O–H groups in total. The van der Waals surface area contributed by atoms with Crippen molar-refractivity contribution < 1.29 is 19.2 Å². The van der Waals surface area contributed by atoms with Gasteiger partial charge in [0.1, 0.15) is 6.04 Å². The smallest absolute Gasteiger partial charge is 0.262 e. The fourth-order valence-electron chi connectivity index (χ4n) is 4.16. The highest BCUT2D eigenvalue weighted by molar-refractivity contribution is 6.23. The third kappa shape index (κ3) is 3.33. The second-order valence-corrected chi connectivity index (χ2v) is 8.17. The van der Waals surface area contributed by atoms with Crippen LogP contribution >= 0.6 is 0 Å². The van der Waals surface area contributed by atoms with Gasteiger partial charge >= 0.3 is 0 Å². The molecular formula is C20H24N4O4. The van der Waals surface area contributed by atoms with Gasteiger partial charge in [0.25, 0.3) is 11.8 Å². The lowest BCUT2D eigenvalue weighted by Gasteiger charge is -2.27. The number of fused-ring (bicyclic) bond motifs is 1. The number of carbonyl (C=O) groups excluding carboxylic acids is 4. The number of rotatable bonds is 5. The van der Waals surface area contributed by atoms with Gasteiger partial charge in [-0.25, -0.2) is 0 Å². The average Bonchev–Trinajstić information content (AvgIpc) is 3.19. The maximum Gasteiger partial charge on any atom is 0.262 e. The largest absolute Gasteiger partial charge is 0.316 e. The highest BCUT2D eigenvalue weighted by atomic mass is 16.2. The molecule has 148 valence electrons. The van der Waals surface area contributed by atoms with Crippen LogP contribution in [0.4, 0.5) is 0 Å². The first-order chi connectivity index (χ1) is 13.4. The van der Waals surface area contributed by atoms with Crippen molar-refractivity contribution in [2.75, 3.05) is 19.6 Å². The van der Waals surface area contributed by atoms with Gasteiger partial charge in [-0.15, -0.1) is 0 Å². The lowest BCUT2D eigenvalue weighted by Crippen LogP contribution is -2.54. The van der Waals surface area contributed by atoms with Crippen LogP contribution in [0.25, 0.3) is 0 Å². The molecule has 2 fully saturated rings. The number of imide groups is 2. The van der Waals surface area contributed by atoms with E-state index in [2.05, 4.69) is 22.9 Å². The molecule has 0 radical (unpaired) electrons. The van der Waals surface area contributed by atoms with Gasteiger partial charge in [-0.2, -0.15) is 0 Å². The van der Waals surface area contributed by atoms with Gasteiger partial charge in [0.2, 0.25) is 11.8 Å². The van der Waals surface area contributed by atoms with E-state index in [0.29, 0.717) is 17.7 Å². The minimum Gasteiger partial charge on any atom is -0.316 e. The van der Waals surface area contributed by atoms with E-state index in [0.717, 1.165) is 36.5 Å². The monoisotopic (exact) mass is 384 g/mol. The second-order valence-electron chi connectivity index (χ2n) is 8.17. The molecule has 2 saturated heterocycles. The van der Waals surface area contributed by atoms with E-state index in [9.17, 15) is 19.2 Å². The van der Waals surface area contributed by atoms with Crippen LogP contribution in [0.3, 0.4) is 0 Å². The van der Waals surface area contributed by atoms with Crippen molar-refractivity contribution in [1.29, 1.82) is 0 Å². The number of piperidine rings is 1. The van der Waals surface area contributed by atoms with Crippen LogP contribution in [0.2, 0.25) is 0 Å². The summed E-state index contributed by atoms with van der Waals surface area (Å²) < 4.78 is 0. The average molecular weight is 384 g/mol. The second kappa shape index (κ2) is 7.10. The molecule has 8 heteroatoms. The molecule has 3 aliphatic heterocycles. The Labute approximate surface area is 163 Å². The minimum atomic E-state index is -0.929. The molecule has 3 aliphatic rings. The number of nitrogens with zero attached hydrogens (tertiary/aromatic N) is 1. The van der Waals surface area contributed by atoms with E-state index >= 15 is 0 Å². The third-order valence-electron chi connectivity index (χ3n) is 5.84. The van der Waals surface area contributed by atoms with Gasteiger partial charge in [0.05, 0.1) is 11.1 Å². The van der Waals surface area contributed by atoms with Crippen molar-refractivity contribution in [2.45, 2.75) is 38.8 Å². The number of amides is 4. The van der Waals surface area contributed by atoms with Crippen LogP contribution in [-0.4, -0.2) is 54.2 Å². The van der Waals surface area contributed by atoms with Gasteiger partial charge in [-0.3, -0.25) is 29.4 Å². The van der Waals surface area contributed by atoms with E-state index in [-0.39, 0.29) is 24.2 Å². The molecule has 0 saturated carbocycles. The summed E-state index contributed by atoms with van der Waals surface area (Å²) in [6.45, 7) is 5.72. The lowest BCUT2D eigenvalue weighted by atomic mass is 9.90. The minimum absolute atomic E-state index is 0.118. The normalized spacial score (nSPS) is 27.3. The van der Waals surface area contributed by atoms with Crippen LogP contribution in [0.15, 0.2) is 18.2 Å². The molecule has 1 aromatic carbocycles. The summed E-state index contributed by atoms with van der Waals surface area (Å²) in [6, 6.07) is 4.28. The van der Waals surface area contributed by atoms with Gasteiger partial charge in [0.15, 0.2) is 0 Å².